The van der Waals surface area contributed by atoms with E-state index in [-0.39, 0.29) is 5.91 Å². The van der Waals surface area contributed by atoms with Gasteiger partial charge in [-0.3, -0.25) is 4.79 Å². The topological polar surface area (TPSA) is 68.7 Å². The van der Waals surface area contributed by atoms with Crippen molar-refractivity contribution < 1.29 is 13.9 Å². The zero-order valence-corrected chi connectivity index (χ0v) is 12.8. The van der Waals surface area contributed by atoms with Crippen LogP contribution < -0.4 is 5.73 Å². The maximum absolute atomic E-state index is 12.7. The number of nitrogens with two attached hydrogens (primary N) is 1. The van der Waals surface area contributed by atoms with Crippen LogP contribution in [0.2, 0.25) is 0 Å². The van der Waals surface area contributed by atoms with Gasteiger partial charge < -0.3 is 19.8 Å². The molecule has 1 aromatic heterocycles. The van der Waals surface area contributed by atoms with Gasteiger partial charge >= 0.3 is 0 Å². The van der Waals surface area contributed by atoms with Crippen molar-refractivity contribution in [3.63, 3.8) is 0 Å². The number of methoxy groups -OCH3 is 1. The molecule has 1 heterocycles. The summed E-state index contributed by atoms with van der Waals surface area (Å²) in [6.07, 6.45) is 7.62. The fraction of sp³-hybridized carbons (Fsp3) is 0.688. The van der Waals surface area contributed by atoms with E-state index in [4.69, 9.17) is 14.9 Å². The van der Waals surface area contributed by atoms with Gasteiger partial charge in [-0.25, -0.2) is 0 Å². The molecular weight excluding hydrogens is 268 g/mol. The molecule has 5 heteroatoms. The molecule has 118 valence electrons. The average Bonchev–Trinajstić information content (AvgIpc) is 3.17. The monoisotopic (exact) mass is 294 g/mol. The predicted octanol–water partition coefficient (Wildman–Crippen LogP) is 2.30. The lowest BCUT2D eigenvalue weighted by molar-refractivity contribution is -0.136. The summed E-state index contributed by atoms with van der Waals surface area (Å²) in [6.45, 7) is 1.16. The first kappa shape index (κ1) is 16.0. The van der Waals surface area contributed by atoms with Crippen molar-refractivity contribution in [3.05, 3.63) is 24.2 Å². The molecule has 1 saturated carbocycles. The van der Waals surface area contributed by atoms with Gasteiger partial charge in [0.25, 0.3) is 0 Å². The lowest BCUT2D eigenvalue weighted by Crippen LogP contribution is -2.47. The van der Waals surface area contributed by atoms with Gasteiger partial charge in [0.1, 0.15) is 5.76 Å². The fourth-order valence-corrected chi connectivity index (χ4v) is 2.96. The van der Waals surface area contributed by atoms with E-state index in [0.717, 1.165) is 25.0 Å². The van der Waals surface area contributed by atoms with E-state index >= 15 is 0 Å². The third kappa shape index (κ3) is 4.58. The summed E-state index contributed by atoms with van der Waals surface area (Å²) in [5.41, 5.74) is 6.08. The molecule has 1 aromatic rings. The van der Waals surface area contributed by atoms with Gasteiger partial charge in [-0.05, 0) is 37.8 Å². The average molecular weight is 294 g/mol. The summed E-state index contributed by atoms with van der Waals surface area (Å²) in [5, 5.41) is 0. The first-order valence-electron chi connectivity index (χ1n) is 7.79. The molecule has 2 N–H and O–H groups in total. The molecule has 0 aliphatic heterocycles. The van der Waals surface area contributed by atoms with Crippen LogP contribution in [0, 0.1) is 0 Å². The Morgan fingerprint density at radius 2 is 2.29 bits per heavy atom. The normalized spacial score (nSPS) is 17.0. The van der Waals surface area contributed by atoms with Crippen molar-refractivity contribution >= 4 is 5.91 Å². The SMILES string of the molecule is COCCCC(N)C(=O)N(Cc1ccco1)C1CCCC1. The van der Waals surface area contributed by atoms with Gasteiger partial charge in [-0.1, -0.05) is 12.8 Å². The first-order valence-corrected chi connectivity index (χ1v) is 7.79. The van der Waals surface area contributed by atoms with E-state index in [9.17, 15) is 4.79 Å². The Balaban J connectivity index is 1.97. The molecule has 0 spiro atoms. The van der Waals surface area contributed by atoms with Crippen molar-refractivity contribution in [3.8, 4) is 0 Å². The minimum atomic E-state index is -0.448. The Morgan fingerprint density at radius 1 is 1.52 bits per heavy atom. The van der Waals surface area contributed by atoms with Crippen molar-refractivity contribution in [2.45, 2.75) is 57.2 Å². The number of rotatable bonds is 8. The highest BCUT2D eigenvalue weighted by Gasteiger charge is 2.30. The molecule has 1 aliphatic carbocycles. The number of hydrogen-bond donors (Lipinski definition) is 1. The zero-order valence-electron chi connectivity index (χ0n) is 12.8. The van der Waals surface area contributed by atoms with E-state index in [0.29, 0.717) is 25.6 Å². The second kappa shape index (κ2) is 8.20. The van der Waals surface area contributed by atoms with Gasteiger partial charge in [0.15, 0.2) is 0 Å². The maximum Gasteiger partial charge on any atom is 0.240 e. The van der Waals surface area contributed by atoms with Crippen LogP contribution in [0.25, 0.3) is 0 Å². The summed E-state index contributed by atoms with van der Waals surface area (Å²) in [7, 11) is 1.66. The molecule has 2 rings (SSSR count). The predicted molar refractivity (Wildman–Crippen MR) is 80.6 cm³/mol. The summed E-state index contributed by atoms with van der Waals surface area (Å²) in [5.74, 6) is 0.855. The van der Waals surface area contributed by atoms with Gasteiger partial charge in [-0.15, -0.1) is 0 Å². The third-order valence-corrected chi connectivity index (χ3v) is 4.14. The Hall–Kier alpha value is -1.33. The fourth-order valence-electron chi connectivity index (χ4n) is 2.96. The van der Waals surface area contributed by atoms with Crippen LogP contribution in [0.3, 0.4) is 0 Å². The van der Waals surface area contributed by atoms with Crippen LogP contribution in [0.5, 0.6) is 0 Å². The highest BCUT2D eigenvalue weighted by atomic mass is 16.5. The standard InChI is InChI=1S/C16H26N2O3/c1-20-10-5-9-15(17)16(19)18(13-6-2-3-7-13)12-14-8-4-11-21-14/h4,8,11,13,15H,2-3,5-7,9-10,12,17H2,1H3. The van der Waals surface area contributed by atoms with E-state index in [1.165, 1.54) is 12.8 Å². The Labute approximate surface area is 126 Å². The van der Waals surface area contributed by atoms with Crippen molar-refractivity contribution in [2.24, 2.45) is 5.73 Å². The van der Waals surface area contributed by atoms with E-state index in [1.807, 2.05) is 17.0 Å². The number of carbonyl (C=O) groups excluding carboxylic acids is 1. The quantitative estimate of drug-likeness (QED) is 0.747. The number of nitrogens with zero attached hydrogens (tertiary/aromatic N) is 1. The number of ether oxygens (including phenoxy) is 1. The molecule has 1 unspecified atom stereocenters. The minimum Gasteiger partial charge on any atom is -0.467 e. The maximum atomic E-state index is 12.7. The number of furan rings is 1. The molecule has 21 heavy (non-hydrogen) atoms. The van der Waals surface area contributed by atoms with Crippen LogP contribution in [-0.2, 0) is 16.1 Å². The second-order valence-corrected chi connectivity index (χ2v) is 5.73. The van der Waals surface area contributed by atoms with Crippen LogP contribution in [0.1, 0.15) is 44.3 Å². The third-order valence-electron chi connectivity index (χ3n) is 4.14. The van der Waals surface area contributed by atoms with E-state index in [2.05, 4.69) is 0 Å². The molecule has 0 radical (unpaired) electrons. The molecule has 1 atom stereocenters. The molecule has 1 aliphatic rings. The Kier molecular flexibility index (Phi) is 6.26. The molecular formula is C16H26N2O3. The lowest BCUT2D eigenvalue weighted by Gasteiger charge is -2.30. The van der Waals surface area contributed by atoms with Gasteiger partial charge in [0.05, 0.1) is 18.8 Å². The molecule has 5 nitrogen and oxygen atoms in total. The van der Waals surface area contributed by atoms with Crippen molar-refractivity contribution in [1.29, 1.82) is 0 Å². The molecule has 1 fully saturated rings. The van der Waals surface area contributed by atoms with Gasteiger partial charge in [-0.2, -0.15) is 0 Å². The molecule has 1 amide bonds. The Bertz CT molecular complexity index is 413. The highest BCUT2D eigenvalue weighted by molar-refractivity contribution is 5.81. The zero-order chi connectivity index (χ0) is 15.1. The number of amides is 1. The number of hydrogen-bond acceptors (Lipinski definition) is 4. The van der Waals surface area contributed by atoms with Gasteiger partial charge in [0.2, 0.25) is 5.91 Å². The minimum absolute atomic E-state index is 0.0365. The smallest absolute Gasteiger partial charge is 0.240 e. The van der Waals surface area contributed by atoms with Crippen LogP contribution in [0.4, 0.5) is 0 Å². The summed E-state index contributed by atoms with van der Waals surface area (Å²) in [4.78, 5) is 14.6. The van der Waals surface area contributed by atoms with Crippen molar-refractivity contribution in [1.82, 2.24) is 4.90 Å². The lowest BCUT2D eigenvalue weighted by atomic mass is 10.1. The van der Waals surface area contributed by atoms with Crippen LogP contribution in [-0.4, -0.2) is 36.6 Å². The van der Waals surface area contributed by atoms with E-state index < -0.39 is 6.04 Å². The second-order valence-electron chi connectivity index (χ2n) is 5.73. The number of carbonyl (C=O) groups is 1. The molecule has 0 aromatic carbocycles. The van der Waals surface area contributed by atoms with Crippen LogP contribution in [0.15, 0.2) is 22.8 Å². The summed E-state index contributed by atoms with van der Waals surface area (Å²) >= 11 is 0. The summed E-state index contributed by atoms with van der Waals surface area (Å²) in [6, 6.07) is 3.61. The van der Waals surface area contributed by atoms with Gasteiger partial charge in [0, 0.05) is 19.8 Å². The van der Waals surface area contributed by atoms with Crippen LogP contribution >= 0.6 is 0 Å². The van der Waals surface area contributed by atoms with E-state index in [1.54, 1.807) is 13.4 Å². The largest absolute Gasteiger partial charge is 0.467 e. The highest BCUT2D eigenvalue weighted by Crippen LogP contribution is 2.26. The molecule has 0 bridgehead atoms. The van der Waals surface area contributed by atoms with Crippen molar-refractivity contribution in [2.75, 3.05) is 13.7 Å². The first-order chi connectivity index (χ1) is 10.2. The molecule has 0 saturated heterocycles. The Morgan fingerprint density at radius 3 is 2.90 bits per heavy atom. The summed E-state index contributed by atoms with van der Waals surface area (Å²) < 4.78 is 10.4.